The first-order chi connectivity index (χ1) is 22.0. The molecule has 4 N–H and O–H groups in total. The van der Waals surface area contributed by atoms with Crippen LogP contribution in [0.3, 0.4) is 0 Å². The Morgan fingerprint density at radius 3 is 2.43 bits per heavy atom. The zero-order valence-electron chi connectivity index (χ0n) is 26.3. The van der Waals surface area contributed by atoms with E-state index in [0.717, 1.165) is 0 Å². The lowest BCUT2D eigenvalue weighted by molar-refractivity contribution is -0.124. The number of carbonyl (C=O) groups is 2. The normalized spacial score (nSPS) is 19.6. The van der Waals surface area contributed by atoms with Crippen molar-refractivity contribution in [1.82, 2.24) is 30.2 Å². The summed E-state index contributed by atoms with van der Waals surface area (Å²) in [6.45, 7) is 7.07. The van der Waals surface area contributed by atoms with E-state index in [-0.39, 0.29) is 36.8 Å². The molecule has 0 bridgehead atoms. The van der Waals surface area contributed by atoms with Gasteiger partial charge in [-0.2, -0.15) is 9.97 Å². The van der Waals surface area contributed by atoms with Crippen molar-refractivity contribution in [2.75, 3.05) is 43.1 Å². The van der Waals surface area contributed by atoms with Gasteiger partial charge < -0.3 is 35.4 Å². The van der Waals surface area contributed by atoms with Gasteiger partial charge in [0.15, 0.2) is 5.82 Å². The maximum absolute atomic E-state index is 14.2. The molecule has 3 aromatic rings. The lowest BCUT2D eigenvalue weighted by Gasteiger charge is -2.32. The van der Waals surface area contributed by atoms with Crippen molar-refractivity contribution in [3.8, 4) is 5.82 Å². The van der Waals surface area contributed by atoms with Gasteiger partial charge in [0.1, 0.15) is 23.3 Å². The van der Waals surface area contributed by atoms with Crippen LogP contribution in [-0.2, 0) is 14.3 Å². The summed E-state index contributed by atoms with van der Waals surface area (Å²) >= 11 is 0. The van der Waals surface area contributed by atoms with Crippen LogP contribution < -0.4 is 20.9 Å². The van der Waals surface area contributed by atoms with E-state index in [1.54, 1.807) is 51.1 Å². The van der Waals surface area contributed by atoms with E-state index in [1.807, 2.05) is 4.90 Å². The van der Waals surface area contributed by atoms with Crippen LogP contribution in [0, 0.1) is 0 Å². The number of aliphatic hydroxyl groups is 1. The molecule has 0 radical (unpaired) electrons. The van der Waals surface area contributed by atoms with Crippen LogP contribution in [0.2, 0.25) is 0 Å². The third-order valence-electron chi connectivity index (χ3n) is 7.86. The highest BCUT2D eigenvalue weighted by Crippen LogP contribution is 2.30. The largest absolute Gasteiger partial charge is 0.444 e. The molecule has 1 aromatic carbocycles. The molecule has 1 saturated carbocycles. The summed E-state index contributed by atoms with van der Waals surface area (Å²) in [5.41, 5.74) is 0.245. The zero-order chi connectivity index (χ0) is 32.8. The van der Waals surface area contributed by atoms with Gasteiger partial charge in [-0.1, -0.05) is 12.1 Å². The SMILES string of the molecule is CC(C)(C)OC(=O)N[C@H](CCO)C(=O)N[C@H]1CC[C@H](Nc2cc(-n3c(C(F)F)nc4ccccc43)nc(N3CCOCC3)n2)CC1. The molecule has 0 unspecified atom stereocenters. The first-order valence-corrected chi connectivity index (χ1v) is 15.7. The molecule has 3 heterocycles. The number of alkyl carbamates (subject to hydrolysis) is 1. The van der Waals surface area contributed by atoms with Gasteiger partial charge >= 0.3 is 6.09 Å². The van der Waals surface area contributed by atoms with Gasteiger partial charge in [-0.25, -0.2) is 18.6 Å². The van der Waals surface area contributed by atoms with Crippen LogP contribution >= 0.6 is 0 Å². The van der Waals surface area contributed by atoms with E-state index in [0.29, 0.717) is 74.8 Å². The van der Waals surface area contributed by atoms with Crippen LogP contribution in [0.25, 0.3) is 16.9 Å². The first kappa shape index (κ1) is 33.3. The van der Waals surface area contributed by atoms with Crippen LogP contribution in [0.1, 0.15) is 65.1 Å². The Morgan fingerprint density at radius 1 is 1.07 bits per heavy atom. The van der Waals surface area contributed by atoms with Crippen molar-refractivity contribution >= 4 is 34.8 Å². The number of hydrogen-bond acceptors (Lipinski definition) is 10. The van der Waals surface area contributed by atoms with Crippen molar-refractivity contribution in [2.24, 2.45) is 0 Å². The number of anilines is 2. The van der Waals surface area contributed by atoms with Gasteiger partial charge in [0.2, 0.25) is 11.9 Å². The van der Waals surface area contributed by atoms with Crippen LogP contribution in [0.4, 0.5) is 25.3 Å². The Balaban J connectivity index is 1.29. The second kappa shape index (κ2) is 14.5. The van der Waals surface area contributed by atoms with Crippen molar-refractivity contribution in [1.29, 1.82) is 0 Å². The Hall–Kier alpha value is -4.11. The minimum atomic E-state index is -2.81. The Bertz CT molecular complexity index is 1500. The number of aliphatic hydroxyl groups excluding tert-OH is 1. The van der Waals surface area contributed by atoms with E-state index in [2.05, 4.69) is 20.9 Å². The number of carbonyl (C=O) groups excluding carboxylic acids is 2. The molecule has 1 aliphatic carbocycles. The molecule has 2 aromatic heterocycles. The summed E-state index contributed by atoms with van der Waals surface area (Å²) in [5.74, 6) is 0.428. The topological polar surface area (TPSA) is 156 Å². The number of aromatic nitrogens is 4. The maximum Gasteiger partial charge on any atom is 0.408 e. The summed E-state index contributed by atoms with van der Waals surface area (Å²) in [5, 5.41) is 18.5. The molecule has 2 aliphatic rings. The number of nitrogens with zero attached hydrogens (tertiary/aromatic N) is 5. The lowest BCUT2D eigenvalue weighted by Crippen LogP contribution is -2.51. The van der Waals surface area contributed by atoms with Crippen LogP contribution in [-0.4, -0.2) is 93.3 Å². The molecule has 2 fully saturated rings. The fourth-order valence-corrected chi connectivity index (χ4v) is 5.69. The first-order valence-electron chi connectivity index (χ1n) is 15.7. The van der Waals surface area contributed by atoms with Gasteiger partial charge in [-0.05, 0) is 65.0 Å². The van der Waals surface area contributed by atoms with E-state index in [4.69, 9.17) is 19.4 Å². The number of halogens is 2. The number of rotatable bonds is 10. The van der Waals surface area contributed by atoms with Crippen molar-refractivity contribution in [3.05, 3.63) is 36.2 Å². The average molecular weight is 645 g/mol. The molecule has 15 heteroatoms. The predicted octanol–water partition coefficient (Wildman–Crippen LogP) is 3.70. The molecule has 0 spiro atoms. The molecule has 1 aliphatic heterocycles. The maximum atomic E-state index is 14.2. The number of fused-ring (bicyclic) bond motifs is 1. The molecular formula is C31H42F2N8O5. The third kappa shape index (κ3) is 8.37. The van der Waals surface area contributed by atoms with Gasteiger partial charge in [-0.15, -0.1) is 0 Å². The molecular weight excluding hydrogens is 602 g/mol. The summed E-state index contributed by atoms with van der Waals surface area (Å²) in [7, 11) is 0. The molecule has 5 rings (SSSR count). The van der Waals surface area contributed by atoms with Crippen LogP contribution in [0.5, 0.6) is 0 Å². The second-order valence-corrected chi connectivity index (χ2v) is 12.5. The van der Waals surface area contributed by atoms with Gasteiger partial charge in [0.25, 0.3) is 6.43 Å². The van der Waals surface area contributed by atoms with E-state index >= 15 is 0 Å². The monoisotopic (exact) mass is 644 g/mol. The molecule has 46 heavy (non-hydrogen) atoms. The quantitative estimate of drug-likeness (QED) is 0.257. The Morgan fingerprint density at radius 2 is 1.76 bits per heavy atom. The van der Waals surface area contributed by atoms with Gasteiger partial charge in [0.05, 0.1) is 24.2 Å². The number of imidazole rings is 1. The van der Waals surface area contributed by atoms with E-state index < -0.39 is 30.0 Å². The van der Waals surface area contributed by atoms with Gasteiger partial charge in [-0.3, -0.25) is 9.36 Å². The smallest absolute Gasteiger partial charge is 0.408 e. The van der Waals surface area contributed by atoms with E-state index in [1.165, 1.54) is 4.57 Å². The minimum absolute atomic E-state index is 0.00988. The second-order valence-electron chi connectivity index (χ2n) is 12.5. The summed E-state index contributed by atoms with van der Waals surface area (Å²) in [6.07, 6.45) is -0.737. The zero-order valence-corrected chi connectivity index (χ0v) is 26.3. The number of nitrogens with one attached hydrogen (secondary N) is 3. The van der Waals surface area contributed by atoms with Crippen molar-refractivity contribution in [2.45, 2.75) is 83.0 Å². The highest BCUT2D eigenvalue weighted by atomic mass is 19.3. The molecule has 250 valence electrons. The number of hydrogen-bond donors (Lipinski definition) is 4. The van der Waals surface area contributed by atoms with Crippen molar-refractivity contribution in [3.63, 3.8) is 0 Å². The molecule has 13 nitrogen and oxygen atoms in total. The highest BCUT2D eigenvalue weighted by Gasteiger charge is 2.29. The third-order valence-corrected chi connectivity index (χ3v) is 7.86. The summed E-state index contributed by atoms with van der Waals surface area (Å²) in [4.78, 5) is 40.8. The molecule has 1 saturated heterocycles. The van der Waals surface area contributed by atoms with E-state index in [9.17, 15) is 23.5 Å². The summed E-state index contributed by atoms with van der Waals surface area (Å²) in [6, 6.07) is 7.59. The summed E-state index contributed by atoms with van der Waals surface area (Å²) < 4.78 is 40.5. The lowest BCUT2D eigenvalue weighted by atomic mass is 9.91. The fourth-order valence-electron chi connectivity index (χ4n) is 5.69. The number of amides is 2. The van der Waals surface area contributed by atoms with Crippen molar-refractivity contribution < 1.29 is 33.0 Å². The number of alkyl halides is 2. The molecule has 1 atom stereocenters. The minimum Gasteiger partial charge on any atom is -0.444 e. The fraction of sp³-hybridized carbons (Fsp3) is 0.581. The average Bonchev–Trinajstić information content (AvgIpc) is 3.41. The Kier molecular flexibility index (Phi) is 10.5. The number of ether oxygens (including phenoxy) is 2. The standard InChI is InChI=1S/C31H42F2N8O5/c1-31(2,3)46-30(44)37-22(12-15-42)28(43)35-20-10-8-19(9-11-20)34-24-18-25(39-29(38-24)40-13-16-45-17-14-40)41-23-7-5-4-6-21(23)36-27(41)26(32)33/h4-7,18-20,22,26,42H,8-17H2,1-3H3,(H,35,43)(H,37,44)(H,34,38,39)/t19-,20-,22-/m1/s1. The Labute approximate surface area is 266 Å². The van der Waals surface area contributed by atoms with Crippen LogP contribution in [0.15, 0.2) is 30.3 Å². The number of morpholine rings is 1. The molecule has 2 amide bonds. The van der Waals surface area contributed by atoms with Gasteiger partial charge in [0, 0.05) is 37.8 Å². The number of para-hydroxylation sites is 2. The number of benzene rings is 1. The highest BCUT2D eigenvalue weighted by molar-refractivity contribution is 5.86. The predicted molar refractivity (Wildman–Crippen MR) is 167 cm³/mol.